The molecule has 0 aliphatic heterocycles. The lowest BCUT2D eigenvalue weighted by atomic mass is 10.1. The lowest BCUT2D eigenvalue weighted by Gasteiger charge is -2.09. The molecule has 0 bridgehead atoms. The Morgan fingerprint density at radius 2 is 1.93 bits per heavy atom. The van der Waals surface area contributed by atoms with Gasteiger partial charge in [-0.05, 0) is 61.4 Å². The van der Waals surface area contributed by atoms with Crippen LogP contribution in [0.15, 0.2) is 47.5 Å². The van der Waals surface area contributed by atoms with E-state index in [2.05, 4.69) is 4.99 Å². The molecule has 28 heavy (non-hydrogen) atoms. The molecule has 0 aliphatic carbocycles. The van der Waals surface area contributed by atoms with Gasteiger partial charge >= 0.3 is 0 Å². The Bertz CT molecular complexity index is 1070. The SMILES string of the molecule is CCc1sc(=NC(=O)c2cc(Cl)ccc2OC)n(CC)c1-c1ccc(F)cc1. The van der Waals surface area contributed by atoms with E-state index in [1.807, 2.05) is 18.4 Å². The number of benzene rings is 2. The summed E-state index contributed by atoms with van der Waals surface area (Å²) >= 11 is 7.50. The second-order valence-electron chi connectivity index (χ2n) is 6.02. The highest BCUT2D eigenvalue weighted by Crippen LogP contribution is 2.27. The summed E-state index contributed by atoms with van der Waals surface area (Å²) in [5.74, 6) is -0.281. The zero-order chi connectivity index (χ0) is 20.3. The van der Waals surface area contributed by atoms with E-state index >= 15 is 0 Å². The number of amides is 1. The van der Waals surface area contributed by atoms with Crippen molar-refractivity contribution in [2.45, 2.75) is 26.8 Å². The van der Waals surface area contributed by atoms with Crippen LogP contribution in [0.1, 0.15) is 29.1 Å². The molecule has 0 aliphatic rings. The lowest BCUT2D eigenvalue weighted by molar-refractivity contribution is 0.0995. The van der Waals surface area contributed by atoms with E-state index in [1.54, 1.807) is 30.3 Å². The van der Waals surface area contributed by atoms with Crippen LogP contribution in [-0.4, -0.2) is 17.6 Å². The third kappa shape index (κ3) is 4.03. The zero-order valence-corrected chi connectivity index (χ0v) is 17.4. The van der Waals surface area contributed by atoms with Crippen LogP contribution in [-0.2, 0) is 13.0 Å². The normalized spacial score (nSPS) is 11.7. The van der Waals surface area contributed by atoms with Crippen molar-refractivity contribution in [2.24, 2.45) is 4.99 Å². The first-order valence-corrected chi connectivity index (χ1v) is 10.1. The Balaban J connectivity index is 2.16. The standard InChI is InChI=1S/C21H20ClFN2O2S/c1-4-18-19(13-6-9-15(23)10-7-13)25(5-2)21(28-18)24-20(26)16-12-14(22)8-11-17(16)27-3/h6-12H,4-5H2,1-3H3. The summed E-state index contributed by atoms with van der Waals surface area (Å²) in [5.41, 5.74) is 2.16. The van der Waals surface area contributed by atoms with Crippen LogP contribution in [0.25, 0.3) is 11.3 Å². The fourth-order valence-electron chi connectivity index (χ4n) is 2.99. The molecule has 0 spiro atoms. The molecular formula is C21H20ClFN2O2S. The molecule has 0 N–H and O–H groups in total. The molecule has 0 unspecified atom stereocenters. The summed E-state index contributed by atoms with van der Waals surface area (Å²) < 4.78 is 20.6. The van der Waals surface area contributed by atoms with E-state index in [4.69, 9.17) is 16.3 Å². The third-order valence-corrected chi connectivity index (χ3v) is 5.78. The molecule has 3 rings (SSSR count). The molecule has 0 saturated carbocycles. The minimum absolute atomic E-state index is 0.284. The van der Waals surface area contributed by atoms with Crippen LogP contribution in [0.5, 0.6) is 5.75 Å². The summed E-state index contributed by atoms with van der Waals surface area (Å²) in [6.45, 7) is 4.66. The van der Waals surface area contributed by atoms with Gasteiger partial charge in [0.25, 0.3) is 5.91 Å². The Kier molecular flexibility index (Phi) is 6.31. The van der Waals surface area contributed by atoms with Crippen molar-refractivity contribution in [3.63, 3.8) is 0 Å². The molecule has 3 aromatic rings. The van der Waals surface area contributed by atoms with E-state index < -0.39 is 5.91 Å². The first kappa shape index (κ1) is 20.3. The smallest absolute Gasteiger partial charge is 0.283 e. The van der Waals surface area contributed by atoms with Gasteiger partial charge in [-0.1, -0.05) is 18.5 Å². The van der Waals surface area contributed by atoms with Gasteiger partial charge in [-0.25, -0.2) is 4.39 Å². The van der Waals surface area contributed by atoms with Gasteiger partial charge in [0.2, 0.25) is 0 Å². The van der Waals surface area contributed by atoms with Crippen LogP contribution < -0.4 is 9.54 Å². The molecule has 1 aromatic heterocycles. The number of methoxy groups -OCH3 is 1. The van der Waals surface area contributed by atoms with Crippen LogP contribution in [0.2, 0.25) is 5.02 Å². The van der Waals surface area contributed by atoms with E-state index in [1.165, 1.54) is 30.6 Å². The van der Waals surface area contributed by atoms with Gasteiger partial charge < -0.3 is 9.30 Å². The fourth-order valence-corrected chi connectivity index (χ4v) is 4.32. The highest BCUT2D eigenvalue weighted by atomic mass is 35.5. The summed E-state index contributed by atoms with van der Waals surface area (Å²) in [5, 5.41) is 0.440. The van der Waals surface area contributed by atoms with Crippen molar-refractivity contribution in [3.8, 4) is 17.0 Å². The minimum atomic E-state index is -0.420. The van der Waals surface area contributed by atoms with Gasteiger partial charge in [-0.2, -0.15) is 4.99 Å². The first-order chi connectivity index (χ1) is 13.5. The molecule has 7 heteroatoms. The van der Waals surface area contributed by atoms with Gasteiger partial charge in [0.05, 0.1) is 18.4 Å². The minimum Gasteiger partial charge on any atom is -0.496 e. The highest BCUT2D eigenvalue weighted by Gasteiger charge is 2.17. The number of hydrogen-bond acceptors (Lipinski definition) is 3. The largest absolute Gasteiger partial charge is 0.496 e. The van der Waals surface area contributed by atoms with Crippen molar-refractivity contribution in [3.05, 3.63) is 68.5 Å². The molecular weight excluding hydrogens is 399 g/mol. The molecule has 0 atom stereocenters. The number of nitrogens with zero attached hydrogens (tertiary/aromatic N) is 2. The van der Waals surface area contributed by atoms with Crippen molar-refractivity contribution < 1.29 is 13.9 Å². The van der Waals surface area contributed by atoms with Crippen molar-refractivity contribution in [1.29, 1.82) is 0 Å². The number of aryl methyl sites for hydroxylation is 1. The summed E-state index contributed by atoms with van der Waals surface area (Å²) in [6.07, 6.45) is 0.779. The second kappa shape index (κ2) is 8.71. The average Bonchev–Trinajstić information content (AvgIpc) is 3.05. The number of ether oxygens (including phenoxy) is 1. The Labute approximate surface area is 171 Å². The molecule has 4 nitrogen and oxygen atoms in total. The molecule has 0 saturated heterocycles. The first-order valence-electron chi connectivity index (χ1n) is 8.89. The maximum Gasteiger partial charge on any atom is 0.283 e. The number of carbonyl (C=O) groups excluding carboxylic acids is 1. The summed E-state index contributed by atoms with van der Waals surface area (Å²) in [6, 6.07) is 11.2. The maximum atomic E-state index is 13.3. The number of halogens is 2. The quantitative estimate of drug-likeness (QED) is 0.561. The number of carbonyl (C=O) groups is 1. The van der Waals surface area contributed by atoms with Gasteiger partial charge in [-0.3, -0.25) is 4.79 Å². The lowest BCUT2D eigenvalue weighted by Crippen LogP contribution is -2.17. The predicted octanol–water partition coefficient (Wildman–Crippen LogP) is 5.34. The number of aromatic nitrogens is 1. The molecule has 146 valence electrons. The number of thiazole rings is 1. The number of hydrogen-bond donors (Lipinski definition) is 0. The van der Waals surface area contributed by atoms with Gasteiger partial charge in [-0.15, -0.1) is 11.3 Å². The fraction of sp³-hybridized carbons (Fsp3) is 0.238. The summed E-state index contributed by atoms with van der Waals surface area (Å²) in [7, 11) is 1.50. The third-order valence-electron chi connectivity index (χ3n) is 4.32. The van der Waals surface area contributed by atoms with E-state index in [-0.39, 0.29) is 5.82 Å². The zero-order valence-electron chi connectivity index (χ0n) is 15.8. The van der Waals surface area contributed by atoms with E-state index in [0.717, 1.165) is 22.6 Å². The van der Waals surface area contributed by atoms with E-state index in [9.17, 15) is 9.18 Å². The van der Waals surface area contributed by atoms with Crippen molar-refractivity contribution >= 4 is 28.8 Å². The molecule has 1 amide bonds. The van der Waals surface area contributed by atoms with Gasteiger partial charge in [0.1, 0.15) is 11.6 Å². The Morgan fingerprint density at radius 1 is 1.21 bits per heavy atom. The topological polar surface area (TPSA) is 43.6 Å². The monoisotopic (exact) mass is 418 g/mol. The Morgan fingerprint density at radius 3 is 2.54 bits per heavy atom. The van der Waals surface area contributed by atoms with Crippen LogP contribution in [0, 0.1) is 5.82 Å². The predicted molar refractivity (Wildman–Crippen MR) is 111 cm³/mol. The van der Waals surface area contributed by atoms with Gasteiger partial charge in [0, 0.05) is 16.4 Å². The number of rotatable bonds is 5. The molecule has 2 aromatic carbocycles. The molecule has 1 heterocycles. The van der Waals surface area contributed by atoms with Crippen LogP contribution >= 0.6 is 22.9 Å². The van der Waals surface area contributed by atoms with Crippen molar-refractivity contribution in [1.82, 2.24) is 4.57 Å². The summed E-state index contributed by atoms with van der Waals surface area (Å²) in [4.78, 5) is 18.9. The molecule has 0 fully saturated rings. The molecule has 0 radical (unpaired) electrons. The maximum absolute atomic E-state index is 13.3. The van der Waals surface area contributed by atoms with E-state index in [0.29, 0.717) is 27.7 Å². The van der Waals surface area contributed by atoms with Crippen molar-refractivity contribution in [2.75, 3.05) is 7.11 Å². The van der Waals surface area contributed by atoms with Crippen LogP contribution in [0.3, 0.4) is 0 Å². The second-order valence-corrected chi connectivity index (χ2v) is 7.52. The van der Waals surface area contributed by atoms with Gasteiger partial charge in [0.15, 0.2) is 4.80 Å². The average molecular weight is 419 g/mol. The Hall–Kier alpha value is -2.44. The highest BCUT2D eigenvalue weighted by molar-refractivity contribution is 7.09. The van der Waals surface area contributed by atoms with Crippen LogP contribution in [0.4, 0.5) is 4.39 Å².